The smallest absolute Gasteiger partial charge is 0.224 e. The summed E-state index contributed by atoms with van der Waals surface area (Å²) in [5.41, 5.74) is 2.04. The zero-order valence-corrected chi connectivity index (χ0v) is 14.5. The van der Waals surface area contributed by atoms with E-state index in [0.29, 0.717) is 13.0 Å². The molecule has 0 aliphatic carbocycles. The minimum absolute atomic E-state index is 0.00220. The molecule has 0 bridgehead atoms. The SMILES string of the molecule is CN1C(=O)C[C@@H](NCc2nncn2-c2ccccc2)[C@@H]1c1cccnc1. The van der Waals surface area contributed by atoms with E-state index in [4.69, 9.17) is 0 Å². The zero-order chi connectivity index (χ0) is 17.9. The number of hydrogen-bond acceptors (Lipinski definition) is 5. The molecule has 0 unspecified atom stereocenters. The number of aromatic nitrogens is 4. The molecule has 7 nitrogen and oxygen atoms in total. The zero-order valence-electron chi connectivity index (χ0n) is 14.5. The minimum Gasteiger partial charge on any atom is -0.337 e. The van der Waals surface area contributed by atoms with Crippen molar-refractivity contribution in [2.75, 3.05) is 7.05 Å². The highest BCUT2D eigenvalue weighted by Gasteiger charge is 2.38. The molecule has 1 N–H and O–H groups in total. The summed E-state index contributed by atoms with van der Waals surface area (Å²) < 4.78 is 1.95. The predicted octanol–water partition coefficient (Wildman–Crippen LogP) is 1.72. The normalized spacial score (nSPS) is 19.9. The van der Waals surface area contributed by atoms with Crippen LogP contribution in [0.4, 0.5) is 0 Å². The number of rotatable bonds is 5. The monoisotopic (exact) mass is 348 g/mol. The van der Waals surface area contributed by atoms with Gasteiger partial charge in [-0.25, -0.2) is 0 Å². The molecule has 132 valence electrons. The topological polar surface area (TPSA) is 75.9 Å². The van der Waals surface area contributed by atoms with Gasteiger partial charge in [0.25, 0.3) is 0 Å². The Balaban J connectivity index is 1.53. The third kappa shape index (κ3) is 3.09. The highest BCUT2D eigenvalue weighted by Crippen LogP contribution is 2.31. The van der Waals surface area contributed by atoms with E-state index in [0.717, 1.165) is 17.1 Å². The van der Waals surface area contributed by atoms with E-state index in [-0.39, 0.29) is 18.0 Å². The molecule has 1 aliphatic heterocycles. The van der Waals surface area contributed by atoms with Crippen molar-refractivity contribution in [3.05, 3.63) is 72.6 Å². The molecule has 1 saturated heterocycles. The molecule has 3 heterocycles. The van der Waals surface area contributed by atoms with E-state index < -0.39 is 0 Å². The summed E-state index contributed by atoms with van der Waals surface area (Å²) in [6.07, 6.45) is 5.72. The number of likely N-dealkylation sites (N-methyl/N-ethyl adjacent to an activating group) is 1. The number of benzene rings is 1. The van der Waals surface area contributed by atoms with Gasteiger partial charge in [0.1, 0.15) is 6.33 Å². The molecule has 3 aromatic rings. The third-order valence-electron chi connectivity index (χ3n) is 4.79. The first-order chi connectivity index (χ1) is 12.7. The van der Waals surface area contributed by atoms with E-state index in [1.807, 2.05) is 60.3 Å². The van der Waals surface area contributed by atoms with Crippen molar-refractivity contribution in [2.24, 2.45) is 0 Å². The number of hydrogen-bond donors (Lipinski definition) is 1. The van der Waals surface area contributed by atoms with Crippen LogP contribution in [0.3, 0.4) is 0 Å². The molecule has 2 atom stereocenters. The Morgan fingerprint density at radius 2 is 2.04 bits per heavy atom. The van der Waals surface area contributed by atoms with Crippen molar-refractivity contribution < 1.29 is 4.79 Å². The molecule has 26 heavy (non-hydrogen) atoms. The first kappa shape index (κ1) is 16.4. The lowest BCUT2D eigenvalue weighted by Crippen LogP contribution is -2.35. The van der Waals surface area contributed by atoms with Crippen LogP contribution < -0.4 is 5.32 Å². The largest absolute Gasteiger partial charge is 0.337 e. The van der Waals surface area contributed by atoms with Gasteiger partial charge >= 0.3 is 0 Å². The number of amides is 1. The van der Waals surface area contributed by atoms with Gasteiger partial charge in [-0.15, -0.1) is 10.2 Å². The average molecular weight is 348 g/mol. The molecule has 2 aromatic heterocycles. The summed E-state index contributed by atoms with van der Waals surface area (Å²) in [6, 6.07) is 13.8. The number of para-hydroxylation sites is 1. The molecule has 1 aliphatic rings. The maximum absolute atomic E-state index is 12.3. The predicted molar refractivity (Wildman–Crippen MR) is 96.4 cm³/mol. The van der Waals surface area contributed by atoms with Crippen LogP contribution in [-0.4, -0.2) is 43.6 Å². The van der Waals surface area contributed by atoms with E-state index >= 15 is 0 Å². The van der Waals surface area contributed by atoms with Gasteiger partial charge in [-0.3, -0.25) is 14.3 Å². The van der Waals surface area contributed by atoms with E-state index in [9.17, 15) is 4.79 Å². The fourth-order valence-electron chi connectivity index (χ4n) is 3.47. The second-order valence-electron chi connectivity index (χ2n) is 6.38. The number of pyridine rings is 1. The summed E-state index contributed by atoms with van der Waals surface area (Å²) in [5, 5.41) is 11.8. The Hall–Kier alpha value is -3.06. The summed E-state index contributed by atoms with van der Waals surface area (Å²) in [7, 11) is 1.84. The standard InChI is InChI=1S/C19H20N6O/c1-24-18(26)10-16(19(24)14-6-5-9-20-11-14)21-12-17-23-22-13-25(17)15-7-3-2-4-8-15/h2-9,11,13,16,19,21H,10,12H2,1H3/t16-,19+/m1/s1. The van der Waals surface area contributed by atoms with Crippen LogP contribution in [0.15, 0.2) is 61.2 Å². The molecule has 4 rings (SSSR count). The van der Waals surface area contributed by atoms with Crippen LogP contribution >= 0.6 is 0 Å². The maximum atomic E-state index is 12.3. The van der Waals surface area contributed by atoms with Crippen LogP contribution in [0.5, 0.6) is 0 Å². The highest BCUT2D eigenvalue weighted by atomic mass is 16.2. The number of likely N-dealkylation sites (tertiary alicyclic amines) is 1. The van der Waals surface area contributed by atoms with Gasteiger partial charge in [0.05, 0.1) is 12.6 Å². The van der Waals surface area contributed by atoms with Gasteiger partial charge in [-0.2, -0.15) is 0 Å². The van der Waals surface area contributed by atoms with Gasteiger partial charge in [0, 0.05) is 37.6 Å². The number of carbonyl (C=O) groups excluding carboxylic acids is 1. The molecule has 7 heteroatoms. The van der Waals surface area contributed by atoms with Crippen molar-refractivity contribution >= 4 is 5.91 Å². The lowest BCUT2D eigenvalue weighted by atomic mass is 10.0. The van der Waals surface area contributed by atoms with Crippen LogP contribution in [0, 0.1) is 0 Å². The van der Waals surface area contributed by atoms with Gasteiger partial charge in [-0.1, -0.05) is 24.3 Å². The Labute approximate surface area is 151 Å². The summed E-state index contributed by atoms with van der Waals surface area (Å²) >= 11 is 0. The number of nitrogens with one attached hydrogen (secondary N) is 1. The Morgan fingerprint density at radius 1 is 1.19 bits per heavy atom. The Kier molecular flexibility index (Phi) is 4.45. The molecule has 1 aromatic carbocycles. The summed E-state index contributed by atoms with van der Waals surface area (Å²) in [6.45, 7) is 0.525. The van der Waals surface area contributed by atoms with Crippen molar-refractivity contribution in [3.63, 3.8) is 0 Å². The second-order valence-corrected chi connectivity index (χ2v) is 6.38. The Bertz CT molecular complexity index is 879. The van der Waals surface area contributed by atoms with Crippen molar-refractivity contribution in [3.8, 4) is 5.69 Å². The van der Waals surface area contributed by atoms with Gasteiger partial charge in [-0.05, 0) is 23.8 Å². The average Bonchev–Trinajstić information content (AvgIpc) is 3.26. The van der Waals surface area contributed by atoms with Crippen LogP contribution in [-0.2, 0) is 11.3 Å². The summed E-state index contributed by atoms with van der Waals surface area (Å²) in [5.74, 6) is 0.934. The molecule has 0 spiro atoms. The summed E-state index contributed by atoms with van der Waals surface area (Å²) in [4.78, 5) is 18.2. The molecule has 1 amide bonds. The van der Waals surface area contributed by atoms with E-state index in [1.54, 1.807) is 17.4 Å². The molecular formula is C19H20N6O. The minimum atomic E-state index is -0.0377. The highest BCUT2D eigenvalue weighted by molar-refractivity contribution is 5.80. The first-order valence-electron chi connectivity index (χ1n) is 8.57. The van der Waals surface area contributed by atoms with E-state index in [1.165, 1.54) is 0 Å². The first-order valence-corrected chi connectivity index (χ1v) is 8.57. The quantitative estimate of drug-likeness (QED) is 0.760. The second kappa shape index (κ2) is 7.05. The fraction of sp³-hybridized carbons (Fsp3) is 0.263. The van der Waals surface area contributed by atoms with Gasteiger partial charge in [0.2, 0.25) is 5.91 Å². The van der Waals surface area contributed by atoms with Crippen molar-refractivity contribution in [2.45, 2.75) is 25.0 Å². The Morgan fingerprint density at radius 3 is 2.81 bits per heavy atom. The van der Waals surface area contributed by atoms with Gasteiger partial charge in [0.15, 0.2) is 5.82 Å². The van der Waals surface area contributed by atoms with Crippen LogP contribution in [0.25, 0.3) is 5.69 Å². The number of carbonyl (C=O) groups is 1. The maximum Gasteiger partial charge on any atom is 0.224 e. The molecule has 0 saturated carbocycles. The number of nitrogens with zero attached hydrogens (tertiary/aromatic N) is 5. The molecule has 0 radical (unpaired) electrons. The van der Waals surface area contributed by atoms with Gasteiger partial charge < -0.3 is 10.2 Å². The van der Waals surface area contributed by atoms with E-state index in [2.05, 4.69) is 20.5 Å². The molecule has 1 fully saturated rings. The fourth-order valence-corrected chi connectivity index (χ4v) is 3.47. The van der Waals surface area contributed by atoms with Crippen LogP contribution in [0.1, 0.15) is 23.9 Å². The lowest BCUT2D eigenvalue weighted by Gasteiger charge is -2.25. The van der Waals surface area contributed by atoms with Crippen LogP contribution in [0.2, 0.25) is 0 Å². The van der Waals surface area contributed by atoms with Crippen molar-refractivity contribution in [1.29, 1.82) is 0 Å². The third-order valence-corrected chi connectivity index (χ3v) is 4.79. The van der Waals surface area contributed by atoms with Crippen molar-refractivity contribution in [1.82, 2.24) is 30.0 Å². The lowest BCUT2D eigenvalue weighted by molar-refractivity contribution is -0.127. The molecular weight excluding hydrogens is 328 g/mol.